The van der Waals surface area contributed by atoms with E-state index in [0.29, 0.717) is 15.9 Å². The highest BCUT2D eigenvalue weighted by Crippen LogP contribution is 2.24. The van der Waals surface area contributed by atoms with Crippen LogP contribution in [-0.4, -0.2) is 20.5 Å². The first-order valence-electron chi connectivity index (χ1n) is 5.49. The predicted octanol–water partition coefficient (Wildman–Crippen LogP) is 2.83. The SMILES string of the molecule is COc1ncc(Br)cc1CS(=O)(=O)c1ccccc1. The van der Waals surface area contributed by atoms with Gasteiger partial charge in [0.1, 0.15) is 0 Å². The fourth-order valence-corrected chi connectivity index (χ4v) is 3.41. The second-order valence-electron chi connectivity index (χ2n) is 3.89. The second kappa shape index (κ2) is 5.71. The van der Waals surface area contributed by atoms with E-state index in [0.717, 1.165) is 0 Å². The molecule has 0 radical (unpaired) electrons. The highest BCUT2D eigenvalue weighted by molar-refractivity contribution is 9.10. The number of rotatable bonds is 4. The Kier molecular flexibility index (Phi) is 4.21. The Morgan fingerprint density at radius 2 is 1.95 bits per heavy atom. The monoisotopic (exact) mass is 341 g/mol. The minimum atomic E-state index is -3.40. The summed E-state index contributed by atoms with van der Waals surface area (Å²) in [5.41, 5.74) is 0.528. The number of aromatic nitrogens is 1. The molecule has 1 heterocycles. The van der Waals surface area contributed by atoms with Gasteiger partial charge in [0.2, 0.25) is 5.88 Å². The Bertz CT molecular complexity index is 672. The molecular formula is C13H12BrNO3S. The molecule has 0 amide bonds. The van der Waals surface area contributed by atoms with Gasteiger partial charge in [0, 0.05) is 16.2 Å². The Morgan fingerprint density at radius 3 is 2.58 bits per heavy atom. The van der Waals surface area contributed by atoms with Crippen molar-refractivity contribution in [3.63, 3.8) is 0 Å². The average molecular weight is 342 g/mol. The zero-order valence-corrected chi connectivity index (χ0v) is 12.6. The van der Waals surface area contributed by atoms with Crippen LogP contribution < -0.4 is 4.74 Å². The van der Waals surface area contributed by atoms with Crippen molar-refractivity contribution < 1.29 is 13.2 Å². The van der Waals surface area contributed by atoms with Gasteiger partial charge in [-0.1, -0.05) is 18.2 Å². The van der Waals surface area contributed by atoms with Crippen LogP contribution in [0.15, 0.2) is 52.0 Å². The third-order valence-corrected chi connectivity index (χ3v) is 4.65. The molecule has 0 saturated carbocycles. The average Bonchev–Trinajstić information content (AvgIpc) is 2.39. The van der Waals surface area contributed by atoms with Gasteiger partial charge >= 0.3 is 0 Å². The number of sulfone groups is 1. The van der Waals surface area contributed by atoms with E-state index in [2.05, 4.69) is 20.9 Å². The maximum absolute atomic E-state index is 12.3. The Hall–Kier alpha value is -1.40. The number of halogens is 1. The molecule has 0 N–H and O–H groups in total. The van der Waals surface area contributed by atoms with Gasteiger partial charge in [-0.3, -0.25) is 0 Å². The van der Waals surface area contributed by atoms with Crippen LogP contribution in [0.3, 0.4) is 0 Å². The van der Waals surface area contributed by atoms with Gasteiger partial charge < -0.3 is 4.74 Å². The molecule has 4 nitrogen and oxygen atoms in total. The highest BCUT2D eigenvalue weighted by Gasteiger charge is 2.18. The molecule has 100 valence electrons. The van der Waals surface area contributed by atoms with E-state index in [1.165, 1.54) is 7.11 Å². The number of benzene rings is 1. The van der Waals surface area contributed by atoms with E-state index in [1.54, 1.807) is 42.6 Å². The summed E-state index contributed by atoms with van der Waals surface area (Å²) in [6.07, 6.45) is 1.57. The van der Waals surface area contributed by atoms with Crippen LogP contribution in [0.25, 0.3) is 0 Å². The minimum Gasteiger partial charge on any atom is -0.481 e. The van der Waals surface area contributed by atoms with Crippen LogP contribution in [0, 0.1) is 0 Å². The summed E-state index contributed by atoms with van der Waals surface area (Å²) in [5, 5.41) is 0. The number of hydrogen-bond donors (Lipinski definition) is 0. The third-order valence-electron chi connectivity index (χ3n) is 2.53. The van der Waals surface area contributed by atoms with Crippen LogP contribution >= 0.6 is 15.9 Å². The molecule has 1 aromatic heterocycles. The summed E-state index contributed by atoms with van der Waals surface area (Å²) in [4.78, 5) is 4.33. The fourth-order valence-electron chi connectivity index (χ4n) is 1.67. The quantitative estimate of drug-likeness (QED) is 0.857. The van der Waals surface area contributed by atoms with Gasteiger partial charge in [0.05, 0.1) is 17.8 Å². The fraction of sp³-hybridized carbons (Fsp3) is 0.154. The second-order valence-corrected chi connectivity index (χ2v) is 6.80. The molecule has 0 saturated heterocycles. The maximum atomic E-state index is 12.3. The van der Waals surface area contributed by atoms with Crippen molar-refractivity contribution in [1.82, 2.24) is 4.98 Å². The third kappa shape index (κ3) is 3.33. The van der Waals surface area contributed by atoms with Crippen LogP contribution in [0.5, 0.6) is 5.88 Å². The summed E-state index contributed by atoms with van der Waals surface area (Å²) < 4.78 is 30.4. The first-order valence-corrected chi connectivity index (χ1v) is 7.93. The number of nitrogens with zero attached hydrogens (tertiary/aromatic N) is 1. The lowest BCUT2D eigenvalue weighted by Gasteiger charge is -2.08. The molecule has 0 atom stereocenters. The zero-order chi connectivity index (χ0) is 13.9. The van der Waals surface area contributed by atoms with E-state index in [-0.39, 0.29) is 10.6 Å². The van der Waals surface area contributed by atoms with Crippen molar-refractivity contribution in [2.24, 2.45) is 0 Å². The zero-order valence-electron chi connectivity index (χ0n) is 10.2. The Balaban J connectivity index is 2.38. The molecule has 0 aliphatic carbocycles. The summed E-state index contributed by atoms with van der Waals surface area (Å²) in [6.45, 7) is 0. The van der Waals surface area contributed by atoms with E-state index in [4.69, 9.17) is 4.74 Å². The summed E-state index contributed by atoms with van der Waals surface area (Å²) in [5.74, 6) is 0.176. The smallest absolute Gasteiger partial charge is 0.217 e. The number of hydrogen-bond acceptors (Lipinski definition) is 4. The van der Waals surface area contributed by atoms with Crippen molar-refractivity contribution >= 4 is 25.8 Å². The van der Waals surface area contributed by atoms with E-state index in [9.17, 15) is 8.42 Å². The van der Waals surface area contributed by atoms with E-state index >= 15 is 0 Å². The number of ether oxygens (including phenoxy) is 1. The molecule has 0 fully saturated rings. The van der Waals surface area contributed by atoms with Gasteiger partial charge in [0.15, 0.2) is 9.84 Å². The van der Waals surface area contributed by atoms with Crippen molar-refractivity contribution in [2.75, 3.05) is 7.11 Å². The molecule has 6 heteroatoms. The summed E-state index contributed by atoms with van der Waals surface area (Å²) >= 11 is 3.28. The minimum absolute atomic E-state index is 0.146. The van der Waals surface area contributed by atoms with Crippen molar-refractivity contribution in [2.45, 2.75) is 10.6 Å². The maximum Gasteiger partial charge on any atom is 0.217 e. The molecule has 1 aromatic carbocycles. The van der Waals surface area contributed by atoms with Gasteiger partial charge in [-0.2, -0.15) is 0 Å². The predicted molar refractivity (Wildman–Crippen MR) is 75.8 cm³/mol. The van der Waals surface area contributed by atoms with Gasteiger partial charge in [0.25, 0.3) is 0 Å². The molecular weight excluding hydrogens is 330 g/mol. The van der Waals surface area contributed by atoms with Crippen LogP contribution in [0.4, 0.5) is 0 Å². The van der Waals surface area contributed by atoms with Gasteiger partial charge in [-0.25, -0.2) is 13.4 Å². The lowest BCUT2D eigenvalue weighted by atomic mass is 10.3. The molecule has 0 spiro atoms. The van der Waals surface area contributed by atoms with E-state index in [1.807, 2.05) is 0 Å². The van der Waals surface area contributed by atoms with Crippen LogP contribution in [0.1, 0.15) is 5.56 Å². The molecule has 2 aromatic rings. The van der Waals surface area contributed by atoms with Gasteiger partial charge in [-0.05, 0) is 34.1 Å². The largest absolute Gasteiger partial charge is 0.481 e. The van der Waals surface area contributed by atoms with Crippen LogP contribution in [-0.2, 0) is 15.6 Å². The molecule has 0 unspecified atom stereocenters. The highest BCUT2D eigenvalue weighted by atomic mass is 79.9. The molecule has 0 aliphatic rings. The lowest BCUT2D eigenvalue weighted by Crippen LogP contribution is -2.07. The Labute approximate surface area is 120 Å². The first-order chi connectivity index (χ1) is 9.03. The Morgan fingerprint density at radius 1 is 1.26 bits per heavy atom. The molecule has 0 aliphatic heterocycles. The molecule has 0 bridgehead atoms. The van der Waals surface area contributed by atoms with Crippen LogP contribution in [0.2, 0.25) is 0 Å². The topological polar surface area (TPSA) is 56.3 Å². The normalized spacial score (nSPS) is 11.3. The molecule has 19 heavy (non-hydrogen) atoms. The number of pyridine rings is 1. The van der Waals surface area contributed by atoms with E-state index < -0.39 is 9.84 Å². The van der Waals surface area contributed by atoms with Crippen molar-refractivity contribution in [3.05, 3.63) is 52.6 Å². The standard InChI is InChI=1S/C13H12BrNO3S/c1-18-13-10(7-11(14)8-15-13)9-19(16,17)12-5-3-2-4-6-12/h2-8H,9H2,1H3. The number of methoxy groups -OCH3 is 1. The summed E-state index contributed by atoms with van der Waals surface area (Å²) in [7, 11) is -1.94. The van der Waals surface area contributed by atoms with Gasteiger partial charge in [-0.15, -0.1) is 0 Å². The lowest BCUT2D eigenvalue weighted by molar-refractivity contribution is 0.393. The molecule has 2 rings (SSSR count). The first kappa shape index (κ1) is 14.0. The van der Waals surface area contributed by atoms with Crippen molar-refractivity contribution in [1.29, 1.82) is 0 Å². The summed E-state index contributed by atoms with van der Waals surface area (Å²) in [6, 6.07) is 10.0. The van der Waals surface area contributed by atoms with Crippen molar-refractivity contribution in [3.8, 4) is 5.88 Å².